The molecule has 1 aromatic heterocycles. The van der Waals surface area contributed by atoms with Crippen molar-refractivity contribution in [1.82, 2.24) is 19.8 Å². The third-order valence-electron chi connectivity index (χ3n) is 3.59. The molecule has 0 spiro atoms. The molecule has 1 saturated heterocycles. The summed E-state index contributed by atoms with van der Waals surface area (Å²) in [5.41, 5.74) is 0. The summed E-state index contributed by atoms with van der Waals surface area (Å²) in [6.45, 7) is 6.23. The van der Waals surface area contributed by atoms with Crippen LogP contribution < -0.4 is 5.32 Å². The van der Waals surface area contributed by atoms with Crippen LogP contribution in [0.5, 0.6) is 0 Å². The van der Waals surface area contributed by atoms with Crippen LogP contribution in [0.2, 0.25) is 0 Å². The fourth-order valence-electron chi connectivity index (χ4n) is 2.48. The Labute approximate surface area is 124 Å². The van der Waals surface area contributed by atoms with Crippen molar-refractivity contribution in [1.29, 1.82) is 0 Å². The first-order valence-corrected chi connectivity index (χ1v) is 7.23. The maximum atomic E-state index is 12.0. The fourth-order valence-corrected chi connectivity index (χ4v) is 2.48. The van der Waals surface area contributed by atoms with Gasteiger partial charge in [0, 0.05) is 32.0 Å². The number of hydrogen-bond acceptors (Lipinski definition) is 3. The van der Waals surface area contributed by atoms with E-state index >= 15 is 0 Å². The fraction of sp³-hybridized carbons (Fsp3) is 0.643. The van der Waals surface area contributed by atoms with Crippen molar-refractivity contribution in [2.45, 2.75) is 33.4 Å². The number of carboxylic acids is 1. The van der Waals surface area contributed by atoms with E-state index in [0.29, 0.717) is 25.4 Å². The molecule has 2 rings (SSSR count). The van der Waals surface area contributed by atoms with Gasteiger partial charge < -0.3 is 19.9 Å². The standard InChI is InChI=1S/C14H22N4O3/c1-10(2)8-17-6-4-15-12(17)7-16-14(21)18-5-3-11(9-18)13(19)20/h4,6,10-11H,3,5,7-9H2,1-2H3,(H,16,21)(H,19,20). The summed E-state index contributed by atoms with van der Waals surface area (Å²) >= 11 is 0. The van der Waals surface area contributed by atoms with Gasteiger partial charge in [0.25, 0.3) is 0 Å². The lowest BCUT2D eigenvalue weighted by Gasteiger charge is -2.17. The second-order valence-electron chi connectivity index (χ2n) is 5.82. The Hall–Kier alpha value is -2.05. The number of nitrogens with zero attached hydrogens (tertiary/aromatic N) is 3. The lowest BCUT2D eigenvalue weighted by atomic mass is 10.1. The molecule has 0 saturated carbocycles. The maximum absolute atomic E-state index is 12.0. The third-order valence-corrected chi connectivity index (χ3v) is 3.59. The molecule has 0 aliphatic carbocycles. The minimum absolute atomic E-state index is 0.224. The van der Waals surface area contributed by atoms with Crippen LogP contribution >= 0.6 is 0 Å². The molecule has 0 radical (unpaired) electrons. The number of nitrogens with one attached hydrogen (secondary N) is 1. The summed E-state index contributed by atoms with van der Waals surface area (Å²) in [6.07, 6.45) is 4.14. The Kier molecular flexibility index (Phi) is 4.82. The molecule has 0 bridgehead atoms. The van der Waals surface area contributed by atoms with Crippen LogP contribution in [-0.2, 0) is 17.9 Å². The molecule has 1 aromatic rings. The van der Waals surface area contributed by atoms with Gasteiger partial charge in [-0.05, 0) is 12.3 Å². The first kappa shape index (κ1) is 15.3. The third kappa shape index (κ3) is 3.96. The molecule has 2 amide bonds. The SMILES string of the molecule is CC(C)Cn1ccnc1CNC(=O)N1CCC(C(=O)O)C1. The van der Waals surface area contributed by atoms with Crippen molar-refractivity contribution >= 4 is 12.0 Å². The smallest absolute Gasteiger partial charge is 0.317 e. The zero-order valence-corrected chi connectivity index (χ0v) is 12.5. The molecule has 116 valence electrons. The Morgan fingerprint density at radius 2 is 2.29 bits per heavy atom. The normalized spacial score (nSPS) is 18.2. The van der Waals surface area contributed by atoms with Crippen molar-refractivity contribution in [2.75, 3.05) is 13.1 Å². The first-order chi connectivity index (χ1) is 9.97. The van der Waals surface area contributed by atoms with Crippen molar-refractivity contribution < 1.29 is 14.7 Å². The molecular formula is C14H22N4O3. The molecular weight excluding hydrogens is 272 g/mol. The number of rotatable bonds is 5. The highest BCUT2D eigenvalue weighted by atomic mass is 16.4. The van der Waals surface area contributed by atoms with E-state index in [1.165, 1.54) is 0 Å². The number of carbonyl (C=O) groups is 2. The summed E-state index contributed by atoms with van der Waals surface area (Å²) in [5, 5.41) is 11.8. The molecule has 1 aliphatic rings. The number of hydrogen-bond donors (Lipinski definition) is 2. The summed E-state index contributed by atoms with van der Waals surface area (Å²) < 4.78 is 2.02. The number of imidazole rings is 1. The van der Waals surface area contributed by atoms with Crippen molar-refractivity contribution in [3.05, 3.63) is 18.2 Å². The zero-order chi connectivity index (χ0) is 15.4. The quantitative estimate of drug-likeness (QED) is 0.853. The number of aromatic nitrogens is 2. The summed E-state index contributed by atoms with van der Waals surface area (Å²) in [6, 6.07) is -0.224. The van der Waals surface area contributed by atoms with Gasteiger partial charge in [0.1, 0.15) is 5.82 Å². The predicted molar refractivity (Wildman–Crippen MR) is 76.6 cm³/mol. The Morgan fingerprint density at radius 1 is 1.52 bits per heavy atom. The van der Waals surface area contributed by atoms with Gasteiger partial charge in [0.15, 0.2) is 0 Å². The zero-order valence-electron chi connectivity index (χ0n) is 12.5. The number of likely N-dealkylation sites (tertiary alicyclic amines) is 1. The van der Waals surface area contributed by atoms with E-state index in [2.05, 4.69) is 24.1 Å². The molecule has 7 nitrogen and oxygen atoms in total. The number of aliphatic carboxylic acids is 1. The van der Waals surface area contributed by atoms with E-state index in [0.717, 1.165) is 12.4 Å². The maximum Gasteiger partial charge on any atom is 0.317 e. The molecule has 1 fully saturated rings. The van der Waals surface area contributed by atoms with Crippen molar-refractivity contribution in [3.63, 3.8) is 0 Å². The topological polar surface area (TPSA) is 87.5 Å². The largest absolute Gasteiger partial charge is 0.481 e. The van der Waals surface area contributed by atoms with Crippen molar-refractivity contribution in [2.24, 2.45) is 11.8 Å². The van der Waals surface area contributed by atoms with Crippen LogP contribution in [0.15, 0.2) is 12.4 Å². The molecule has 1 atom stereocenters. The average molecular weight is 294 g/mol. The van der Waals surface area contributed by atoms with Crippen LogP contribution in [0.1, 0.15) is 26.1 Å². The molecule has 0 aromatic carbocycles. The molecule has 1 aliphatic heterocycles. The summed E-state index contributed by atoms with van der Waals surface area (Å²) in [5.74, 6) is 0.0334. The lowest BCUT2D eigenvalue weighted by Crippen LogP contribution is -2.39. The first-order valence-electron chi connectivity index (χ1n) is 7.23. The molecule has 2 N–H and O–H groups in total. The monoisotopic (exact) mass is 294 g/mol. The van der Waals surface area contributed by atoms with Gasteiger partial charge in [-0.25, -0.2) is 9.78 Å². The van der Waals surface area contributed by atoms with Gasteiger partial charge in [-0.3, -0.25) is 4.79 Å². The van der Waals surface area contributed by atoms with E-state index in [9.17, 15) is 9.59 Å². The van der Waals surface area contributed by atoms with Gasteiger partial charge in [0.2, 0.25) is 0 Å². The predicted octanol–water partition coefficient (Wildman–Crippen LogP) is 1.16. The minimum atomic E-state index is -0.835. The number of amides is 2. The Morgan fingerprint density at radius 3 is 2.90 bits per heavy atom. The summed E-state index contributed by atoms with van der Waals surface area (Å²) in [4.78, 5) is 28.7. The van der Waals surface area contributed by atoms with E-state index in [4.69, 9.17) is 5.11 Å². The van der Waals surface area contributed by atoms with Crippen LogP contribution in [0.25, 0.3) is 0 Å². The van der Waals surface area contributed by atoms with E-state index in [1.54, 1.807) is 11.1 Å². The van der Waals surface area contributed by atoms with Crippen LogP contribution in [-0.4, -0.2) is 44.6 Å². The highest BCUT2D eigenvalue weighted by molar-refractivity contribution is 5.77. The molecule has 2 heterocycles. The van der Waals surface area contributed by atoms with E-state index in [1.807, 2.05) is 10.8 Å². The Balaban J connectivity index is 1.85. The van der Waals surface area contributed by atoms with Crippen LogP contribution in [0.4, 0.5) is 4.79 Å². The Bertz CT molecular complexity index is 512. The number of carboxylic acid groups (broad SMARTS) is 1. The number of urea groups is 1. The van der Waals surface area contributed by atoms with Gasteiger partial charge >= 0.3 is 12.0 Å². The molecule has 21 heavy (non-hydrogen) atoms. The van der Waals surface area contributed by atoms with Gasteiger partial charge in [-0.15, -0.1) is 0 Å². The second-order valence-corrected chi connectivity index (χ2v) is 5.82. The number of carbonyl (C=O) groups excluding carboxylic acids is 1. The van der Waals surface area contributed by atoms with Gasteiger partial charge in [-0.1, -0.05) is 13.8 Å². The molecule has 7 heteroatoms. The van der Waals surface area contributed by atoms with Crippen molar-refractivity contribution in [3.8, 4) is 0 Å². The molecule has 1 unspecified atom stereocenters. The van der Waals surface area contributed by atoms with Crippen LogP contribution in [0.3, 0.4) is 0 Å². The van der Waals surface area contributed by atoms with E-state index in [-0.39, 0.29) is 12.6 Å². The second kappa shape index (κ2) is 6.60. The van der Waals surface area contributed by atoms with Crippen LogP contribution in [0, 0.1) is 11.8 Å². The lowest BCUT2D eigenvalue weighted by molar-refractivity contribution is -0.141. The van der Waals surface area contributed by atoms with Gasteiger partial charge in [-0.2, -0.15) is 0 Å². The minimum Gasteiger partial charge on any atom is -0.481 e. The van der Waals surface area contributed by atoms with E-state index < -0.39 is 11.9 Å². The summed E-state index contributed by atoms with van der Waals surface area (Å²) in [7, 11) is 0. The highest BCUT2D eigenvalue weighted by Crippen LogP contribution is 2.16. The van der Waals surface area contributed by atoms with Gasteiger partial charge in [0.05, 0.1) is 12.5 Å². The highest BCUT2D eigenvalue weighted by Gasteiger charge is 2.30. The average Bonchev–Trinajstić information content (AvgIpc) is 3.04.